The van der Waals surface area contributed by atoms with Crippen LogP contribution in [0.25, 0.3) is 11.1 Å². The van der Waals surface area contributed by atoms with Crippen molar-refractivity contribution in [2.75, 3.05) is 6.61 Å². The van der Waals surface area contributed by atoms with E-state index in [9.17, 15) is 5.11 Å². The molecule has 0 spiro atoms. The monoisotopic (exact) mass is 408 g/mol. The summed E-state index contributed by atoms with van der Waals surface area (Å²) >= 11 is 0. The number of rotatable bonds is 10. The van der Waals surface area contributed by atoms with Crippen molar-refractivity contribution in [2.45, 2.75) is 85.7 Å². The third-order valence-electron chi connectivity index (χ3n) is 6.25. The van der Waals surface area contributed by atoms with Crippen LogP contribution < -0.4 is 4.74 Å². The molecule has 164 valence electrons. The normalized spacial score (nSPS) is 13.4. The summed E-state index contributed by atoms with van der Waals surface area (Å²) in [6.07, 6.45) is 4.52. The summed E-state index contributed by atoms with van der Waals surface area (Å²) in [4.78, 5) is 0. The van der Waals surface area contributed by atoms with E-state index >= 15 is 0 Å². The van der Waals surface area contributed by atoms with Crippen molar-refractivity contribution in [3.05, 3.63) is 64.7 Å². The number of benzene rings is 2. The SMILES string of the molecule is C=C(C)C(C)(CO)Oc1c(C)cc(-c2cc(C)ccc2C)cc1C(CCC)CCC. The van der Waals surface area contributed by atoms with Crippen LogP contribution in [0.2, 0.25) is 0 Å². The van der Waals surface area contributed by atoms with Crippen LogP contribution in [0.1, 0.15) is 81.5 Å². The Morgan fingerprint density at radius 3 is 2.20 bits per heavy atom. The summed E-state index contributed by atoms with van der Waals surface area (Å²) in [6.45, 7) is 18.8. The van der Waals surface area contributed by atoms with E-state index in [2.05, 4.69) is 71.5 Å². The Morgan fingerprint density at radius 2 is 1.67 bits per heavy atom. The fourth-order valence-corrected chi connectivity index (χ4v) is 4.08. The van der Waals surface area contributed by atoms with E-state index in [0.29, 0.717) is 5.92 Å². The molecule has 2 aromatic rings. The minimum atomic E-state index is -0.788. The summed E-state index contributed by atoms with van der Waals surface area (Å²) < 4.78 is 6.54. The summed E-state index contributed by atoms with van der Waals surface area (Å²) in [7, 11) is 0. The quantitative estimate of drug-likeness (QED) is 0.409. The number of aryl methyl sites for hydroxylation is 3. The molecular formula is C28H40O2. The molecule has 0 saturated carbocycles. The average molecular weight is 409 g/mol. The van der Waals surface area contributed by atoms with Gasteiger partial charge in [-0.1, -0.05) is 57.0 Å². The van der Waals surface area contributed by atoms with Crippen LogP contribution in [0, 0.1) is 20.8 Å². The second-order valence-corrected chi connectivity index (χ2v) is 9.08. The average Bonchev–Trinajstić information content (AvgIpc) is 2.70. The van der Waals surface area contributed by atoms with Crippen molar-refractivity contribution >= 4 is 0 Å². The first-order valence-electron chi connectivity index (χ1n) is 11.3. The molecule has 2 aromatic carbocycles. The van der Waals surface area contributed by atoms with Gasteiger partial charge in [-0.2, -0.15) is 0 Å². The molecule has 0 aromatic heterocycles. The fourth-order valence-electron chi connectivity index (χ4n) is 4.08. The Hall–Kier alpha value is -2.06. The second kappa shape index (κ2) is 10.3. The molecule has 30 heavy (non-hydrogen) atoms. The number of aliphatic hydroxyl groups excluding tert-OH is 1. The molecule has 2 rings (SSSR count). The third-order valence-corrected chi connectivity index (χ3v) is 6.25. The Labute approximate surface area is 184 Å². The number of aliphatic hydroxyl groups is 1. The van der Waals surface area contributed by atoms with Gasteiger partial charge < -0.3 is 9.84 Å². The van der Waals surface area contributed by atoms with Crippen molar-refractivity contribution in [2.24, 2.45) is 0 Å². The molecule has 0 aliphatic carbocycles. The number of ether oxygens (including phenoxy) is 1. The lowest BCUT2D eigenvalue weighted by Crippen LogP contribution is -2.38. The number of hydrogen-bond acceptors (Lipinski definition) is 2. The molecule has 1 atom stereocenters. The van der Waals surface area contributed by atoms with Gasteiger partial charge in [0.2, 0.25) is 0 Å². The second-order valence-electron chi connectivity index (χ2n) is 9.08. The van der Waals surface area contributed by atoms with E-state index in [-0.39, 0.29) is 6.61 Å². The van der Waals surface area contributed by atoms with Gasteiger partial charge in [-0.3, -0.25) is 0 Å². The van der Waals surface area contributed by atoms with Crippen LogP contribution in [0.5, 0.6) is 5.75 Å². The molecule has 0 fully saturated rings. The topological polar surface area (TPSA) is 29.5 Å². The summed E-state index contributed by atoms with van der Waals surface area (Å²) in [5.41, 5.74) is 7.49. The smallest absolute Gasteiger partial charge is 0.150 e. The summed E-state index contributed by atoms with van der Waals surface area (Å²) in [5.74, 6) is 1.35. The van der Waals surface area contributed by atoms with Crippen molar-refractivity contribution < 1.29 is 9.84 Å². The molecule has 0 amide bonds. The molecule has 0 aliphatic heterocycles. The van der Waals surface area contributed by atoms with E-state index in [4.69, 9.17) is 4.74 Å². The Morgan fingerprint density at radius 1 is 1.03 bits per heavy atom. The van der Waals surface area contributed by atoms with Crippen molar-refractivity contribution in [3.8, 4) is 16.9 Å². The van der Waals surface area contributed by atoms with Gasteiger partial charge in [0.05, 0.1) is 6.61 Å². The molecule has 0 saturated heterocycles. The highest BCUT2D eigenvalue weighted by Crippen LogP contribution is 2.41. The van der Waals surface area contributed by atoms with Crippen molar-refractivity contribution in [1.29, 1.82) is 0 Å². The highest BCUT2D eigenvalue weighted by molar-refractivity contribution is 5.71. The predicted octanol–water partition coefficient (Wildman–Crippen LogP) is 7.67. The minimum absolute atomic E-state index is 0.0911. The van der Waals surface area contributed by atoms with Crippen LogP contribution in [0.3, 0.4) is 0 Å². The largest absolute Gasteiger partial charge is 0.480 e. The number of hydrogen-bond donors (Lipinski definition) is 1. The van der Waals surface area contributed by atoms with Gasteiger partial charge in [0.1, 0.15) is 11.4 Å². The zero-order valence-electron chi connectivity index (χ0n) is 20.1. The third kappa shape index (κ3) is 5.35. The van der Waals surface area contributed by atoms with E-state index in [1.165, 1.54) is 27.8 Å². The summed E-state index contributed by atoms with van der Waals surface area (Å²) in [6, 6.07) is 11.2. The van der Waals surface area contributed by atoms with Crippen LogP contribution in [-0.2, 0) is 0 Å². The maximum absolute atomic E-state index is 10.1. The van der Waals surface area contributed by atoms with Gasteiger partial charge in [0, 0.05) is 0 Å². The standard InChI is InChI=1S/C28H40O2/c1-9-11-23(12-10-2)26-17-24(25-15-20(5)13-14-21(25)6)16-22(7)27(26)30-28(8,18-29)19(3)4/h13-17,23,29H,3,9-12,18H2,1-2,4-8H3. The predicted molar refractivity (Wildman–Crippen MR) is 130 cm³/mol. The van der Waals surface area contributed by atoms with E-state index < -0.39 is 5.60 Å². The van der Waals surface area contributed by atoms with Crippen molar-refractivity contribution in [1.82, 2.24) is 0 Å². The molecular weight excluding hydrogens is 368 g/mol. The fraction of sp³-hybridized carbons (Fsp3) is 0.500. The first kappa shape index (κ1) is 24.2. The van der Waals surface area contributed by atoms with Gasteiger partial charge >= 0.3 is 0 Å². The van der Waals surface area contributed by atoms with Gasteiger partial charge in [-0.15, -0.1) is 0 Å². The highest BCUT2D eigenvalue weighted by atomic mass is 16.5. The highest BCUT2D eigenvalue weighted by Gasteiger charge is 2.30. The van der Waals surface area contributed by atoms with Crippen LogP contribution >= 0.6 is 0 Å². The van der Waals surface area contributed by atoms with Gasteiger partial charge in [0.15, 0.2) is 0 Å². The lowest BCUT2D eigenvalue weighted by molar-refractivity contribution is 0.0545. The molecule has 1 unspecified atom stereocenters. The van der Waals surface area contributed by atoms with Crippen LogP contribution in [0.15, 0.2) is 42.5 Å². The van der Waals surface area contributed by atoms with Crippen molar-refractivity contribution in [3.63, 3.8) is 0 Å². The zero-order chi connectivity index (χ0) is 22.5. The molecule has 1 N–H and O–H groups in total. The molecule has 0 aliphatic rings. The lowest BCUT2D eigenvalue weighted by atomic mass is 9.85. The van der Waals surface area contributed by atoms with Gasteiger partial charge in [-0.25, -0.2) is 0 Å². The first-order chi connectivity index (χ1) is 14.2. The molecule has 0 radical (unpaired) electrons. The van der Waals surface area contributed by atoms with Crippen LogP contribution in [-0.4, -0.2) is 17.3 Å². The maximum atomic E-state index is 10.1. The zero-order valence-corrected chi connectivity index (χ0v) is 20.1. The Bertz CT molecular complexity index is 874. The Kier molecular flexibility index (Phi) is 8.32. The van der Waals surface area contributed by atoms with Gasteiger partial charge in [0.25, 0.3) is 0 Å². The minimum Gasteiger partial charge on any atom is -0.480 e. The van der Waals surface area contributed by atoms with E-state index in [1.54, 1.807) is 0 Å². The molecule has 2 nitrogen and oxygen atoms in total. The molecule has 2 heteroatoms. The molecule has 0 heterocycles. The van der Waals surface area contributed by atoms with Crippen LogP contribution in [0.4, 0.5) is 0 Å². The maximum Gasteiger partial charge on any atom is 0.150 e. The summed E-state index contributed by atoms with van der Waals surface area (Å²) in [5, 5.41) is 10.1. The molecule has 0 bridgehead atoms. The van der Waals surface area contributed by atoms with E-state index in [1.807, 2.05) is 13.8 Å². The van der Waals surface area contributed by atoms with E-state index in [0.717, 1.165) is 42.6 Å². The Balaban J connectivity index is 2.72. The van der Waals surface area contributed by atoms with Gasteiger partial charge in [-0.05, 0) is 98.9 Å². The first-order valence-corrected chi connectivity index (χ1v) is 11.3. The lowest BCUT2D eigenvalue weighted by Gasteiger charge is -2.33.